The maximum Gasteiger partial charge on any atom is 0.222 e. The molecular formula is C28H50N2O9. The average Bonchev–Trinajstić information content (AvgIpc) is 3.29. The molecule has 0 aromatic rings. The number of aliphatic hydroxyl groups is 4. The van der Waals surface area contributed by atoms with Crippen LogP contribution in [0.2, 0.25) is 0 Å². The lowest BCUT2D eigenvalue weighted by Crippen LogP contribution is -2.64. The highest BCUT2D eigenvalue weighted by atomic mass is 16.7. The molecule has 39 heavy (non-hydrogen) atoms. The van der Waals surface area contributed by atoms with Gasteiger partial charge in [0.25, 0.3) is 0 Å². The van der Waals surface area contributed by atoms with Gasteiger partial charge in [-0.1, -0.05) is 20.3 Å². The van der Waals surface area contributed by atoms with Crippen molar-refractivity contribution in [3.63, 3.8) is 0 Å². The van der Waals surface area contributed by atoms with Crippen LogP contribution >= 0.6 is 0 Å². The fourth-order valence-electron chi connectivity index (χ4n) is 6.04. The SMILES string of the molecule is CC(=O)NC1C(OCCCCCC(=O)N2C[C@H](O)C[C@H]2COC2CCC(C(C)C)CC2)OC(CO)C(O)C1O. The van der Waals surface area contributed by atoms with E-state index in [2.05, 4.69) is 19.2 Å². The first kappa shape index (κ1) is 32.2. The van der Waals surface area contributed by atoms with Gasteiger partial charge in [-0.2, -0.15) is 0 Å². The van der Waals surface area contributed by atoms with E-state index in [0.29, 0.717) is 51.2 Å². The highest BCUT2D eigenvalue weighted by Crippen LogP contribution is 2.32. The number of nitrogens with one attached hydrogen (secondary N) is 1. The summed E-state index contributed by atoms with van der Waals surface area (Å²) in [5.74, 6) is 1.09. The molecule has 2 aliphatic heterocycles. The van der Waals surface area contributed by atoms with E-state index in [-0.39, 0.29) is 24.7 Å². The molecule has 2 saturated heterocycles. The molecule has 0 aromatic carbocycles. The van der Waals surface area contributed by atoms with Gasteiger partial charge in [0.1, 0.15) is 24.4 Å². The zero-order valence-electron chi connectivity index (χ0n) is 23.7. The van der Waals surface area contributed by atoms with Crippen LogP contribution in [0.5, 0.6) is 0 Å². The fraction of sp³-hybridized carbons (Fsp3) is 0.929. The van der Waals surface area contributed by atoms with Crippen LogP contribution in [0.1, 0.15) is 78.6 Å². The van der Waals surface area contributed by atoms with E-state index in [1.54, 1.807) is 4.90 Å². The minimum atomic E-state index is -1.35. The van der Waals surface area contributed by atoms with Gasteiger partial charge in [-0.05, 0) is 56.8 Å². The number of aliphatic hydroxyl groups excluding tert-OH is 4. The van der Waals surface area contributed by atoms with E-state index in [9.17, 15) is 30.0 Å². The molecule has 2 amide bonds. The van der Waals surface area contributed by atoms with Gasteiger partial charge in [-0.3, -0.25) is 9.59 Å². The summed E-state index contributed by atoms with van der Waals surface area (Å²) in [6, 6.07) is -1.05. The quantitative estimate of drug-likeness (QED) is 0.205. The largest absolute Gasteiger partial charge is 0.394 e. The van der Waals surface area contributed by atoms with Gasteiger partial charge in [-0.25, -0.2) is 0 Å². The second kappa shape index (κ2) is 15.6. The normalized spacial score (nSPS) is 35.4. The summed E-state index contributed by atoms with van der Waals surface area (Å²) in [6.45, 7) is 6.43. The maximum atomic E-state index is 12.9. The van der Waals surface area contributed by atoms with E-state index in [4.69, 9.17) is 14.2 Å². The Kier molecular flexibility index (Phi) is 12.9. The third-order valence-corrected chi connectivity index (χ3v) is 8.47. The van der Waals surface area contributed by atoms with Crippen LogP contribution in [0.15, 0.2) is 0 Å². The van der Waals surface area contributed by atoms with Gasteiger partial charge in [0.2, 0.25) is 11.8 Å². The summed E-state index contributed by atoms with van der Waals surface area (Å²) in [5.41, 5.74) is 0. The van der Waals surface area contributed by atoms with Crippen molar-refractivity contribution in [3.05, 3.63) is 0 Å². The predicted octanol–water partition coefficient (Wildman–Crippen LogP) is 0.700. The first-order chi connectivity index (χ1) is 18.6. The molecular weight excluding hydrogens is 508 g/mol. The van der Waals surface area contributed by atoms with Gasteiger partial charge in [-0.15, -0.1) is 0 Å². The van der Waals surface area contributed by atoms with Crippen molar-refractivity contribution in [2.75, 3.05) is 26.4 Å². The van der Waals surface area contributed by atoms with Gasteiger partial charge in [0, 0.05) is 26.5 Å². The molecule has 0 aromatic heterocycles. The summed E-state index contributed by atoms with van der Waals surface area (Å²) < 4.78 is 17.5. The van der Waals surface area contributed by atoms with Crippen molar-refractivity contribution >= 4 is 11.8 Å². The third-order valence-electron chi connectivity index (χ3n) is 8.47. The molecule has 2 heterocycles. The Morgan fingerprint density at radius 2 is 1.74 bits per heavy atom. The van der Waals surface area contributed by atoms with E-state index >= 15 is 0 Å². The Labute approximate surface area is 232 Å². The molecule has 0 bridgehead atoms. The molecule has 5 N–H and O–H groups in total. The van der Waals surface area contributed by atoms with Crippen LogP contribution in [0.25, 0.3) is 0 Å². The van der Waals surface area contributed by atoms with Crippen LogP contribution in [0.3, 0.4) is 0 Å². The topological polar surface area (TPSA) is 158 Å². The number of unbranched alkanes of at least 4 members (excludes halogenated alkanes) is 2. The average molecular weight is 559 g/mol. The summed E-state index contributed by atoms with van der Waals surface area (Å²) >= 11 is 0. The molecule has 3 rings (SSSR count). The highest BCUT2D eigenvalue weighted by molar-refractivity contribution is 5.77. The molecule has 3 aliphatic rings. The Morgan fingerprint density at radius 1 is 1.03 bits per heavy atom. The monoisotopic (exact) mass is 558 g/mol. The minimum Gasteiger partial charge on any atom is -0.394 e. The third kappa shape index (κ3) is 9.34. The Balaban J connectivity index is 1.36. The first-order valence-electron chi connectivity index (χ1n) is 14.7. The molecule has 1 saturated carbocycles. The molecule has 0 spiro atoms. The van der Waals surface area contributed by atoms with Crippen LogP contribution in [0, 0.1) is 11.8 Å². The molecule has 11 heteroatoms. The van der Waals surface area contributed by atoms with E-state index in [1.165, 1.54) is 19.8 Å². The van der Waals surface area contributed by atoms with Crippen molar-refractivity contribution in [3.8, 4) is 0 Å². The van der Waals surface area contributed by atoms with Crippen LogP contribution in [-0.2, 0) is 23.8 Å². The molecule has 1 aliphatic carbocycles. The number of likely N-dealkylation sites (tertiary alicyclic amines) is 1. The number of carbonyl (C=O) groups excluding carboxylic acids is 2. The highest BCUT2D eigenvalue weighted by Gasteiger charge is 2.45. The van der Waals surface area contributed by atoms with Crippen LogP contribution in [0.4, 0.5) is 0 Å². The second-order valence-corrected chi connectivity index (χ2v) is 11.8. The number of hydrogen-bond acceptors (Lipinski definition) is 9. The van der Waals surface area contributed by atoms with Gasteiger partial charge >= 0.3 is 0 Å². The van der Waals surface area contributed by atoms with E-state index in [0.717, 1.165) is 18.8 Å². The number of β-amino-alcohol motifs (C(OH)–C–C–N with tert-alkyl or cyclic N) is 1. The number of hydrogen-bond donors (Lipinski definition) is 5. The zero-order chi connectivity index (χ0) is 28.5. The fourth-order valence-corrected chi connectivity index (χ4v) is 6.04. The van der Waals surface area contributed by atoms with E-state index in [1.807, 2.05) is 0 Å². The number of carbonyl (C=O) groups is 2. The second-order valence-electron chi connectivity index (χ2n) is 11.8. The van der Waals surface area contributed by atoms with Crippen LogP contribution in [-0.4, -0.2) is 112 Å². The standard InChI is InChI=1S/C28H50N2O9/c1-17(2)19-8-10-22(11-9-19)38-16-20-13-21(33)14-30(20)24(34)7-5-4-6-12-37-28-25(29-18(3)32)27(36)26(35)23(15-31)39-28/h17,19-23,25-28,31,33,35-36H,4-16H2,1-3H3,(H,29,32)/t19?,20-,21+,22?,23?,25?,26?,27?,28?/m0/s1. The van der Waals surface area contributed by atoms with Crippen molar-refractivity contribution in [1.82, 2.24) is 10.2 Å². The summed E-state index contributed by atoms with van der Waals surface area (Å²) in [6.07, 6.45) is 2.41. The molecule has 3 fully saturated rings. The van der Waals surface area contributed by atoms with Crippen molar-refractivity contribution in [2.45, 2.75) is 127 Å². The molecule has 11 nitrogen and oxygen atoms in total. The number of rotatable bonds is 13. The summed E-state index contributed by atoms with van der Waals surface area (Å²) in [7, 11) is 0. The predicted molar refractivity (Wildman–Crippen MR) is 142 cm³/mol. The maximum absolute atomic E-state index is 12.9. The summed E-state index contributed by atoms with van der Waals surface area (Å²) in [4.78, 5) is 26.2. The Hall–Kier alpha value is -1.34. The van der Waals surface area contributed by atoms with Gasteiger partial charge in [0.15, 0.2) is 6.29 Å². The van der Waals surface area contributed by atoms with E-state index < -0.39 is 49.3 Å². The minimum absolute atomic E-state index is 0.0221. The lowest BCUT2D eigenvalue weighted by Gasteiger charge is -2.42. The lowest BCUT2D eigenvalue weighted by molar-refractivity contribution is -0.270. The molecule has 0 radical (unpaired) electrons. The number of ether oxygens (including phenoxy) is 3. The van der Waals surface area contributed by atoms with Crippen LogP contribution < -0.4 is 5.32 Å². The van der Waals surface area contributed by atoms with Crippen molar-refractivity contribution < 1.29 is 44.2 Å². The Morgan fingerprint density at radius 3 is 2.38 bits per heavy atom. The van der Waals surface area contributed by atoms with Gasteiger partial charge < -0.3 is 44.9 Å². The smallest absolute Gasteiger partial charge is 0.222 e. The molecule has 7 atom stereocenters. The first-order valence-corrected chi connectivity index (χ1v) is 14.7. The zero-order valence-corrected chi connectivity index (χ0v) is 23.7. The molecule has 226 valence electrons. The Bertz CT molecular complexity index is 761. The van der Waals surface area contributed by atoms with Crippen molar-refractivity contribution in [2.24, 2.45) is 11.8 Å². The number of nitrogens with zero attached hydrogens (tertiary/aromatic N) is 1. The number of amides is 2. The molecule has 5 unspecified atom stereocenters. The summed E-state index contributed by atoms with van der Waals surface area (Å²) in [5, 5.41) is 42.6. The van der Waals surface area contributed by atoms with Gasteiger partial charge in [0.05, 0.1) is 31.5 Å². The lowest BCUT2D eigenvalue weighted by atomic mass is 9.80. The van der Waals surface area contributed by atoms with Crippen molar-refractivity contribution in [1.29, 1.82) is 0 Å².